The molecule has 0 heterocycles. The first-order valence-corrected chi connectivity index (χ1v) is 6.18. The van der Waals surface area contributed by atoms with Crippen LogP contribution >= 0.6 is 0 Å². The van der Waals surface area contributed by atoms with Crippen LogP contribution in [0.2, 0.25) is 0 Å². The van der Waals surface area contributed by atoms with Gasteiger partial charge in [0.15, 0.2) is 0 Å². The van der Waals surface area contributed by atoms with Gasteiger partial charge in [0.25, 0.3) is 0 Å². The Labute approximate surface area is 122 Å². The van der Waals surface area contributed by atoms with Crippen molar-refractivity contribution < 1.29 is 18.7 Å². The molecule has 0 unspecified atom stereocenters. The van der Waals surface area contributed by atoms with Crippen LogP contribution < -0.4 is 4.74 Å². The highest BCUT2D eigenvalue weighted by molar-refractivity contribution is 5.92. The minimum Gasteiger partial charge on any atom is -0.497 e. The van der Waals surface area contributed by atoms with E-state index in [4.69, 9.17) is 4.74 Å². The summed E-state index contributed by atoms with van der Waals surface area (Å²) in [6.45, 7) is 0. The SMILES string of the molecule is COC(=O)c1cc(F)ccc1C#Cc1ccc(OC)cc1. The maximum atomic E-state index is 13.2. The monoisotopic (exact) mass is 284 g/mol. The summed E-state index contributed by atoms with van der Waals surface area (Å²) in [6.07, 6.45) is 0. The van der Waals surface area contributed by atoms with Crippen LogP contribution in [0.5, 0.6) is 5.75 Å². The van der Waals surface area contributed by atoms with E-state index in [0.29, 0.717) is 5.56 Å². The molecular weight excluding hydrogens is 271 g/mol. The molecule has 0 spiro atoms. The van der Waals surface area contributed by atoms with Gasteiger partial charge in [-0.1, -0.05) is 11.8 Å². The Kier molecular flexibility index (Phi) is 4.57. The average Bonchev–Trinajstić information content (AvgIpc) is 2.53. The van der Waals surface area contributed by atoms with Gasteiger partial charge in [0.05, 0.1) is 19.8 Å². The Morgan fingerprint density at radius 1 is 1.05 bits per heavy atom. The summed E-state index contributed by atoms with van der Waals surface area (Å²) in [5.74, 6) is 5.37. The molecule has 106 valence electrons. The lowest BCUT2D eigenvalue weighted by Crippen LogP contribution is -2.04. The Bertz CT molecular complexity index is 709. The molecule has 0 aliphatic rings. The third-order valence-corrected chi connectivity index (χ3v) is 2.82. The van der Waals surface area contributed by atoms with Crippen molar-refractivity contribution in [1.29, 1.82) is 0 Å². The lowest BCUT2D eigenvalue weighted by molar-refractivity contribution is 0.0600. The summed E-state index contributed by atoms with van der Waals surface area (Å²) >= 11 is 0. The predicted octanol–water partition coefficient (Wildman–Crippen LogP) is 3.02. The number of ether oxygens (including phenoxy) is 2. The van der Waals surface area contributed by atoms with Gasteiger partial charge in [-0.25, -0.2) is 9.18 Å². The van der Waals surface area contributed by atoms with E-state index in [2.05, 4.69) is 16.6 Å². The van der Waals surface area contributed by atoms with Gasteiger partial charge in [-0.05, 0) is 42.5 Å². The van der Waals surface area contributed by atoms with Crippen molar-refractivity contribution in [2.75, 3.05) is 14.2 Å². The second kappa shape index (κ2) is 6.58. The Balaban J connectivity index is 2.35. The Hall–Kier alpha value is -2.80. The van der Waals surface area contributed by atoms with E-state index >= 15 is 0 Å². The van der Waals surface area contributed by atoms with E-state index in [-0.39, 0.29) is 5.56 Å². The third-order valence-electron chi connectivity index (χ3n) is 2.82. The molecule has 21 heavy (non-hydrogen) atoms. The summed E-state index contributed by atoms with van der Waals surface area (Å²) < 4.78 is 22.9. The first-order chi connectivity index (χ1) is 10.1. The molecule has 0 atom stereocenters. The van der Waals surface area contributed by atoms with Gasteiger partial charge in [0, 0.05) is 11.1 Å². The van der Waals surface area contributed by atoms with E-state index in [1.165, 1.54) is 19.2 Å². The molecule has 2 rings (SSSR count). The fourth-order valence-corrected chi connectivity index (χ4v) is 1.72. The first-order valence-electron chi connectivity index (χ1n) is 6.18. The van der Waals surface area contributed by atoms with Crippen molar-refractivity contribution in [3.8, 4) is 17.6 Å². The normalized spacial score (nSPS) is 9.48. The van der Waals surface area contributed by atoms with Crippen LogP contribution in [-0.2, 0) is 4.74 Å². The number of halogens is 1. The second-order valence-corrected chi connectivity index (χ2v) is 4.16. The number of methoxy groups -OCH3 is 2. The minimum absolute atomic E-state index is 0.110. The summed E-state index contributed by atoms with van der Waals surface area (Å²) in [5.41, 5.74) is 1.29. The van der Waals surface area contributed by atoms with Crippen LogP contribution in [0.1, 0.15) is 21.5 Å². The number of rotatable bonds is 2. The molecule has 0 aliphatic carbocycles. The molecule has 2 aromatic rings. The molecule has 2 aromatic carbocycles. The van der Waals surface area contributed by atoms with E-state index in [1.807, 2.05) is 0 Å². The van der Waals surface area contributed by atoms with Gasteiger partial charge in [-0.15, -0.1) is 0 Å². The maximum Gasteiger partial charge on any atom is 0.339 e. The fraction of sp³-hybridized carbons (Fsp3) is 0.118. The molecule has 3 nitrogen and oxygen atoms in total. The number of benzene rings is 2. The summed E-state index contributed by atoms with van der Waals surface area (Å²) in [4.78, 5) is 11.6. The van der Waals surface area contributed by atoms with Gasteiger partial charge in [-0.3, -0.25) is 0 Å². The molecular formula is C17H13FO3. The first kappa shape index (κ1) is 14.6. The van der Waals surface area contributed by atoms with Crippen LogP contribution in [0.25, 0.3) is 0 Å². The van der Waals surface area contributed by atoms with Crippen molar-refractivity contribution in [2.45, 2.75) is 0 Å². The van der Waals surface area contributed by atoms with Crippen LogP contribution in [0, 0.1) is 17.7 Å². The lowest BCUT2D eigenvalue weighted by atomic mass is 10.1. The maximum absolute atomic E-state index is 13.2. The van der Waals surface area contributed by atoms with Gasteiger partial charge in [0.2, 0.25) is 0 Å². The van der Waals surface area contributed by atoms with E-state index in [1.54, 1.807) is 31.4 Å². The van der Waals surface area contributed by atoms with Gasteiger partial charge < -0.3 is 9.47 Å². The summed E-state index contributed by atoms with van der Waals surface area (Å²) in [5, 5.41) is 0. The van der Waals surface area contributed by atoms with Crippen molar-refractivity contribution in [3.63, 3.8) is 0 Å². The second-order valence-electron chi connectivity index (χ2n) is 4.16. The van der Waals surface area contributed by atoms with Crippen LogP contribution in [0.3, 0.4) is 0 Å². The quantitative estimate of drug-likeness (QED) is 0.628. The lowest BCUT2D eigenvalue weighted by Gasteiger charge is -2.02. The molecule has 0 saturated carbocycles. The molecule has 0 N–H and O–H groups in total. The van der Waals surface area contributed by atoms with E-state index in [0.717, 1.165) is 17.4 Å². The zero-order valence-corrected chi connectivity index (χ0v) is 11.6. The number of hydrogen-bond acceptors (Lipinski definition) is 3. The van der Waals surface area contributed by atoms with Crippen molar-refractivity contribution in [2.24, 2.45) is 0 Å². The van der Waals surface area contributed by atoms with Gasteiger partial charge in [0.1, 0.15) is 11.6 Å². The Morgan fingerprint density at radius 2 is 1.76 bits per heavy atom. The Morgan fingerprint density at radius 3 is 2.38 bits per heavy atom. The summed E-state index contributed by atoms with van der Waals surface area (Å²) in [7, 11) is 2.83. The fourth-order valence-electron chi connectivity index (χ4n) is 1.72. The average molecular weight is 284 g/mol. The number of hydrogen-bond donors (Lipinski definition) is 0. The summed E-state index contributed by atoms with van der Waals surface area (Å²) in [6, 6.07) is 11.0. The van der Waals surface area contributed by atoms with Gasteiger partial charge in [-0.2, -0.15) is 0 Å². The van der Waals surface area contributed by atoms with Crippen LogP contribution in [0.4, 0.5) is 4.39 Å². The minimum atomic E-state index is -0.617. The van der Waals surface area contributed by atoms with Crippen LogP contribution in [-0.4, -0.2) is 20.2 Å². The molecule has 0 fully saturated rings. The number of esters is 1. The highest BCUT2D eigenvalue weighted by atomic mass is 19.1. The standard InChI is InChI=1S/C17H13FO3/c1-20-15-9-4-12(5-10-15)3-6-13-7-8-14(18)11-16(13)17(19)21-2/h4-5,7-11H,1-2H3. The smallest absolute Gasteiger partial charge is 0.339 e. The van der Waals surface area contributed by atoms with Crippen molar-refractivity contribution >= 4 is 5.97 Å². The molecule has 0 aliphatic heterocycles. The molecule has 0 radical (unpaired) electrons. The van der Waals surface area contributed by atoms with E-state index in [9.17, 15) is 9.18 Å². The van der Waals surface area contributed by atoms with Crippen molar-refractivity contribution in [3.05, 3.63) is 65.0 Å². The molecule has 0 saturated heterocycles. The van der Waals surface area contributed by atoms with Crippen molar-refractivity contribution in [1.82, 2.24) is 0 Å². The zero-order chi connectivity index (χ0) is 15.2. The van der Waals surface area contributed by atoms with E-state index < -0.39 is 11.8 Å². The highest BCUT2D eigenvalue weighted by Gasteiger charge is 2.11. The molecule has 0 amide bonds. The number of carbonyl (C=O) groups excluding carboxylic acids is 1. The van der Waals surface area contributed by atoms with Gasteiger partial charge >= 0.3 is 5.97 Å². The highest BCUT2D eigenvalue weighted by Crippen LogP contribution is 2.13. The molecule has 4 heteroatoms. The zero-order valence-electron chi connectivity index (χ0n) is 11.6. The molecule has 0 aromatic heterocycles. The van der Waals surface area contributed by atoms with Crippen LogP contribution in [0.15, 0.2) is 42.5 Å². The third kappa shape index (κ3) is 3.61. The topological polar surface area (TPSA) is 35.5 Å². The predicted molar refractivity (Wildman–Crippen MR) is 76.7 cm³/mol. The molecule has 0 bridgehead atoms. The largest absolute Gasteiger partial charge is 0.497 e. The number of carbonyl (C=O) groups is 1.